The Kier molecular flexibility index (Phi) is 6.94. The maximum atomic E-state index is 13.5. The van der Waals surface area contributed by atoms with Gasteiger partial charge < -0.3 is 4.57 Å². The molecule has 0 saturated carbocycles. The second-order valence-electron chi connectivity index (χ2n) is 9.33. The summed E-state index contributed by atoms with van der Waals surface area (Å²) in [6.45, 7) is 6.66. The number of hydrogen-bond donors (Lipinski definition) is 0. The first-order valence-corrected chi connectivity index (χ1v) is 13.2. The lowest BCUT2D eigenvalue weighted by molar-refractivity contribution is -0.384. The van der Waals surface area contributed by atoms with Crippen LogP contribution in [0.25, 0.3) is 21.8 Å². The fraction of sp³-hybridized carbons (Fsp3) is 0.207. The van der Waals surface area contributed by atoms with E-state index in [1.54, 1.807) is 24.4 Å². The molecule has 0 aliphatic heterocycles. The molecule has 8 nitrogen and oxygen atoms in total. The van der Waals surface area contributed by atoms with Gasteiger partial charge in [-0.2, -0.15) is 9.78 Å². The Hall–Kier alpha value is -4.11. The predicted molar refractivity (Wildman–Crippen MR) is 154 cm³/mol. The van der Waals surface area contributed by atoms with Gasteiger partial charge in [-0.05, 0) is 43.2 Å². The highest BCUT2D eigenvalue weighted by Gasteiger charge is 2.17. The highest BCUT2D eigenvalue weighted by Crippen LogP contribution is 2.27. The average molecular weight is 572 g/mol. The summed E-state index contributed by atoms with van der Waals surface area (Å²) in [5.41, 5.74) is 4.34. The van der Waals surface area contributed by atoms with Crippen molar-refractivity contribution >= 4 is 49.6 Å². The van der Waals surface area contributed by atoms with E-state index in [0.717, 1.165) is 38.6 Å². The zero-order valence-electron chi connectivity index (χ0n) is 21.3. The molecule has 0 radical (unpaired) electrons. The van der Waals surface area contributed by atoms with Crippen LogP contribution in [0.1, 0.15) is 48.8 Å². The maximum absolute atomic E-state index is 13.5. The summed E-state index contributed by atoms with van der Waals surface area (Å²) in [4.78, 5) is 29.0. The Morgan fingerprint density at radius 2 is 1.84 bits per heavy atom. The molecular weight excluding hydrogens is 546 g/mol. The van der Waals surface area contributed by atoms with Crippen LogP contribution in [0.3, 0.4) is 0 Å². The van der Waals surface area contributed by atoms with Crippen molar-refractivity contribution in [3.05, 3.63) is 114 Å². The minimum absolute atomic E-state index is 0.0393. The van der Waals surface area contributed by atoms with Crippen molar-refractivity contribution in [1.29, 1.82) is 0 Å². The average Bonchev–Trinajstić information content (AvgIpc) is 3.18. The quantitative estimate of drug-likeness (QED) is 0.122. The van der Waals surface area contributed by atoms with Gasteiger partial charge in [-0.25, -0.2) is 4.98 Å². The van der Waals surface area contributed by atoms with Crippen molar-refractivity contribution in [2.45, 2.75) is 39.7 Å². The lowest BCUT2D eigenvalue weighted by Crippen LogP contribution is -2.23. The van der Waals surface area contributed by atoms with E-state index >= 15 is 0 Å². The first kappa shape index (κ1) is 25.5. The van der Waals surface area contributed by atoms with Crippen LogP contribution >= 0.6 is 15.9 Å². The van der Waals surface area contributed by atoms with Gasteiger partial charge in [0.1, 0.15) is 5.82 Å². The first-order chi connectivity index (χ1) is 18.3. The van der Waals surface area contributed by atoms with E-state index in [9.17, 15) is 14.9 Å². The number of nitro groups is 1. The lowest BCUT2D eigenvalue weighted by Gasteiger charge is -2.14. The van der Waals surface area contributed by atoms with Gasteiger partial charge in [0.25, 0.3) is 11.2 Å². The van der Waals surface area contributed by atoms with Crippen molar-refractivity contribution in [2.24, 2.45) is 5.10 Å². The molecule has 1 atom stereocenters. The summed E-state index contributed by atoms with van der Waals surface area (Å²) in [7, 11) is 0. The Bertz CT molecular complexity index is 1770. The highest BCUT2D eigenvalue weighted by atomic mass is 79.9. The third kappa shape index (κ3) is 4.65. The number of aromatic nitrogens is 3. The van der Waals surface area contributed by atoms with E-state index in [1.807, 2.05) is 50.2 Å². The Labute approximate surface area is 227 Å². The second kappa shape index (κ2) is 10.3. The number of fused-ring (bicyclic) bond motifs is 2. The molecule has 0 saturated heterocycles. The number of para-hydroxylation sites is 1. The van der Waals surface area contributed by atoms with Crippen molar-refractivity contribution in [2.75, 3.05) is 0 Å². The molecule has 5 aromatic rings. The largest absolute Gasteiger partial charge is 0.340 e. The molecule has 2 aromatic heterocycles. The Balaban J connectivity index is 1.63. The minimum atomic E-state index is -0.398. The van der Waals surface area contributed by atoms with Crippen molar-refractivity contribution in [3.8, 4) is 0 Å². The van der Waals surface area contributed by atoms with Crippen LogP contribution in [0.5, 0.6) is 0 Å². The second-order valence-corrected chi connectivity index (χ2v) is 10.2. The van der Waals surface area contributed by atoms with Gasteiger partial charge in [0.05, 0.1) is 22.0 Å². The molecule has 5 rings (SSSR count). The fourth-order valence-electron chi connectivity index (χ4n) is 4.62. The van der Waals surface area contributed by atoms with Gasteiger partial charge >= 0.3 is 0 Å². The van der Waals surface area contributed by atoms with Crippen LogP contribution in [0, 0.1) is 17.0 Å². The van der Waals surface area contributed by atoms with E-state index in [2.05, 4.69) is 27.4 Å². The summed E-state index contributed by atoms with van der Waals surface area (Å²) in [6.07, 6.45) is 2.56. The minimum Gasteiger partial charge on any atom is -0.340 e. The van der Waals surface area contributed by atoms with Gasteiger partial charge in [-0.1, -0.05) is 60.1 Å². The van der Waals surface area contributed by atoms with Gasteiger partial charge in [0, 0.05) is 51.2 Å². The van der Waals surface area contributed by atoms with Crippen molar-refractivity contribution in [3.63, 3.8) is 0 Å². The summed E-state index contributed by atoms with van der Waals surface area (Å²) in [5, 5.41) is 17.3. The molecule has 0 amide bonds. The van der Waals surface area contributed by atoms with Crippen LogP contribution in [0.4, 0.5) is 5.69 Å². The number of benzene rings is 3. The summed E-state index contributed by atoms with van der Waals surface area (Å²) >= 11 is 3.46. The smallest absolute Gasteiger partial charge is 0.282 e. The van der Waals surface area contributed by atoms with Crippen LogP contribution in [0.2, 0.25) is 0 Å². The van der Waals surface area contributed by atoms with Crippen LogP contribution < -0.4 is 5.56 Å². The molecule has 0 unspecified atom stereocenters. The Morgan fingerprint density at radius 1 is 1.11 bits per heavy atom. The van der Waals surface area contributed by atoms with Crippen LogP contribution in [0.15, 0.2) is 81.1 Å². The molecule has 9 heteroatoms. The zero-order chi connectivity index (χ0) is 27.0. The van der Waals surface area contributed by atoms with E-state index < -0.39 is 4.92 Å². The number of halogens is 1. The Morgan fingerprint density at radius 3 is 2.55 bits per heavy atom. The van der Waals surface area contributed by atoms with E-state index in [0.29, 0.717) is 23.3 Å². The first-order valence-electron chi connectivity index (χ1n) is 12.4. The summed E-state index contributed by atoms with van der Waals surface area (Å²) in [6, 6.07) is 20.1. The number of rotatable bonds is 7. The SMILES string of the molecule is CC[C@@H](C)c1nc2ccc(Br)cc2c(=O)n1N=Cc1c(C)n(Cc2ccc([N+](=O)[O-])cc2)c2ccccc12. The molecule has 0 N–H and O–H groups in total. The highest BCUT2D eigenvalue weighted by molar-refractivity contribution is 9.10. The molecule has 0 aliphatic carbocycles. The molecule has 0 aliphatic rings. The van der Waals surface area contributed by atoms with E-state index in [1.165, 1.54) is 16.8 Å². The zero-order valence-corrected chi connectivity index (χ0v) is 22.8. The molecule has 0 bridgehead atoms. The number of nitro benzene ring substituents is 1. The summed E-state index contributed by atoms with van der Waals surface area (Å²) < 4.78 is 4.39. The maximum Gasteiger partial charge on any atom is 0.282 e. The molecule has 0 spiro atoms. The van der Waals surface area contributed by atoms with E-state index in [-0.39, 0.29) is 17.2 Å². The molecule has 0 fully saturated rings. The monoisotopic (exact) mass is 571 g/mol. The third-order valence-corrected chi connectivity index (χ3v) is 7.45. The summed E-state index contributed by atoms with van der Waals surface area (Å²) in [5.74, 6) is 0.660. The number of hydrogen-bond acceptors (Lipinski definition) is 5. The molecule has 192 valence electrons. The van der Waals surface area contributed by atoms with Gasteiger partial charge in [0.2, 0.25) is 0 Å². The fourth-order valence-corrected chi connectivity index (χ4v) is 4.99. The normalized spacial score (nSPS) is 12.5. The molecule has 2 heterocycles. The lowest BCUT2D eigenvalue weighted by atomic mass is 10.1. The van der Waals surface area contributed by atoms with Crippen LogP contribution in [-0.2, 0) is 6.54 Å². The van der Waals surface area contributed by atoms with Gasteiger partial charge in [-0.3, -0.25) is 14.9 Å². The third-order valence-electron chi connectivity index (χ3n) is 6.96. The molecule has 38 heavy (non-hydrogen) atoms. The van der Waals surface area contributed by atoms with Gasteiger partial charge in [-0.15, -0.1) is 0 Å². The van der Waals surface area contributed by atoms with Gasteiger partial charge in [0.15, 0.2) is 0 Å². The molecular formula is C29H26BrN5O3. The topological polar surface area (TPSA) is 95.3 Å². The number of nitrogens with zero attached hydrogens (tertiary/aromatic N) is 5. The van der Waals surface area contributed by atoms with E-state index in [4.69, 9.17) is 10.1 Å². The molecule has 3 aromatic carbocycles. The van der Waals surface area contributed by atoms with Crippen molar-refractivity contribution < 1.29 is 4.92 Å². The van der Waals surface area contributed by atoms with Crippen molar-refractivity contribution in [1.82, 2.24) is 14.2 Å². The predicted octanol–water partition coefficient (Wildman–Crippen LogP) is 6.77. The number of non-ortho nitro benzene ring substituents is 1. The van der Waals surface area contributed by atoms with Crippen LogP contribution in [-0.4, -0.2) is 25.4 Å². The standard InChI is InChI=1S/C29H26BrN5O3/c1-4-18(2)28-32-26-14-11-21(30)15-24(26)29(36)34(28)31-16-25-19(3)33(27-8-6-5-7-23(25)27)17-20-9-12-22(13-10-20)35(37)38/h5-16,18H,4,17H2,1-3H3/t18-/m1/s1.